The van der Waals surface area contributed by atoms with E-state index in [4.69, 9.17) is 11.5 Å². The standard InChI is InChI=1S/C13H12FN3O/c14-9-5-1-2-6-10(9)17-11-7-3-4-8(12(11)15)13(16)18/h1-7,17H,15H2,(H2,16,18). The van der Waals surface area contributed by atoms with E-state index in [1.165, 1.54) is 12.1 Å². The summed E-state index contributed by atoms with van der Waals surface area (Å²) in [7, 11) is 0. The SMILES string of the molecule is NC(=O)c1cccc(Nc2ccccc2F)c1N. The second kappa shape index (κ2) is 4.75. The van der Waals surface area contributed by atoms with Crippen molar-refractivity contribution in [3.63, 3.8) is 0 Å². The monoisotopic (exact) mass is 245 g/mol. The van der Waals surface area contributed by atoms with E-state index < -0.39 is 11.7 Å². The van der Waals surface area contributed by atoms with E-state index in [1.54, 1.807) is 30.3 Å². The van der Waals surface area contributed by atoms with Gasteiger partial charge >= 0.3 is 0 Å². The molecule has 0 aliphatic carbocycles. The lowest BCUT2D eigenvalue weighted by Crippen LogP contribution is -2.14. The van der Waals surface area contributed by atoms with Crippen molar-refractivity contribution in [3.8, 4) is 0 Å². The van der Waals surface area contributed by atoms with Crippen LogP contribution in [-0.4, -0.2) is 5.91 Å². The minimum absolute atomic E-state index is 0.202. The molecule has 1 amide bonds. The molecule has 0 aromatic heterocycles. The van der Waals surface area contributed by atoms with Gasteiger partial charge in [0.2, 0.25) is 0 Å². The molecule has 2 aromatic rings. The maximum absolute atomic E-state index is 13.5. The Bertz CT molecular complexity index is 599. The molecule has 92 valence electrons. The minimum atomic E-state index is -0.621. The molecular formula is C13H12FN3O. The van der Waals surface area contributed by atoms with Crippen LogP contribution in [-0.2, 0) is 0 Å². The second-order valence-corrected chi connectivity index (χ2v) is 3.74. The summed E-state index contributed by atoms with van der Waals surface area (Å²) in [5.74, 6) is -1.02. The van der Waals surface area contributed by atoms with Crippen molar-refractivity contribution >= 4 is 23.0 Å². The summed E-state index contributed by atoms with van der Waals surface area (Å²) in [4.78, 5) is 11.1. The summed E-state index contributed by atoms with van der Waals surface area (Å²) < 4.78 is 13.5. The summed E-state index contributed by atoms with van der Waals surface area (Å²) >= 11 is 0. The smallest absolute Gasteiger partial charge is 0.250 e. The average molecular weight is 245 g/mol. The molecule has 0 fully saturated rings. The highest BCUT2D eigenvalue weighted by atomic mass is 19.1. The quantitative estimate of drug-likeness (QED) is 0.725. The van der Waals surface area contributed by atoms with E-state index in [1.807, 2.05) is 0 Å². The number of amides is 1. The third-order valence-electron chi connectivity index (χ3n) is 2.51. The molecular weight excluding hydrogens is 233 g/mol. The first-order valence-electron chi connectivity index (χ1n) is 5.29. The fourth-order valence-corrected chi connectivity index (χ4v) is 1.60. The van der Waals surface area contributed by atoms with Gasteiger partial charge in [0.1, 0.15) is 5.82 Å². The number of primary amides is 1. The van der Waals surface area contributed by atoms with Crippen molar-refractivity contribution in [2.75, 3.05) is 11.1 Å². The summed E-state index contributed by atoms with van der Waals surface area (Å²) in [5.41, 5.74) is 12.1. The van der Waals surface area contributed by atoms with Gasteiger partial charge < -0.3 is 16.8 Å². The van der Waals surface area contributed by atoms with Gasteiger partial charge in [-0.1, -0.05) is 18.2 Å². The van der Waals surface area contributed by atoms with Crippen molar-refractivity contribution in [1.29, 1.82) is 0 Å². The minimum Gasteiger partial charge on any atom is -0.396 e. The predicted octanol–water partition coefficient (Wildman–Crippen LogP) is 2.25. The van der Waals surface area contributed by atoms with Crippen LogP contribution in [0, 0.1) is 5.82 Å². The molecule has 0 heterocycles. The molecule has 0 atom stereocenters. The molecule has 0 saturated heterocycles. The number of carbonyl (C=O) groups is 1. The number of hydrogen-bond donors (Lipinski definition) is 3. The first kappa shape index (κ1) is 11.9. The molecule has 0 radical (unpaired) electrons. The van der Waals surface area contributed by atoms with Gasteiger partial charge in [-0.05, 0) is 24.3 Å². The highest BCUT2D eigenvalue weighted by Gasteiger charge is 2.10. The molecule has 2 rings (SSSR count). The Morgan fingerprint density at radius 1 is 1.06 bits per heavy atom. The zero-order valence-corrected chi connectivity index (χ0v) is 9.48. The van der Waals surface area contributed by atoms with Crippen molar-refractivity contribution in [2.24, 2.45) is 5.73 Å². The van der Waals surface area contributed by atoms with E-state index in [0.717, 1.165) is 0 Å². The highest BCUT2D eigenvalue weighted by Crippen LogP contribution is 2.27. The van der Waals surface area contributed by atoms with Gasteiger partial charge in [-0.3, -0.25) is 4.79 Å². The first-order chi connectivity index (χ1) is 8.59. The molecule has 0 unspecified atom stereocenters. The first-order valence-corrected chi connectivity index (χ1v) is 5.29. The van der Waals surface area contributed by atoms with Gasteiger partial charge in [0.25, 0.3) is 5.91 Å². The number of benzene rings is 2. The molecule has 0 bridgehead atoms. The van der Waals surface area contributed by atoms with E-state index >= 15 is 0 Å². The van der Waals surface area contributed by atoms with Crippen LogP contribution >= 0.6 is 0 Å². The summed E-state index contributed by atoms with van der Waals surface area (Å²) in [6.45, 7) is 0. The number of nitrogen functional groups attached to an aromatic ring is 1. The third-order valence-corrected chi connectivity index (χ3v) is 2.51. The number of para-hydroxylation sites is 2. The molecule has 18 heavy (non-hydrogen) atoms. The third kappa shape index (κ3) is 2.24. The van der Waals surface area contributed by atoms with E-state index in [9.17, 15) is 9.18 Å². The molecule has 0 aliphatic heterocycles. The molecule has 4 nitrogen and oxygen atoms in total. The van der Waals surface area contributed by atoms with Gasteiger partial charge in [0.15, 0.2) is 0 Å². The van der Waals surface area contributed by atoms with Crippen LogP contribution in [0.3, 0.4) is 0 Å². The van der Waals surface area contributed by atoms with Crippen molar-refractivity contribution in [1.82, 2.24) is 0 Å². The Balaban J connectivity index is 2.39. The van der Waals surface area contributed by atoms with Crippen molar-refractivity contribution < 1.29 is 9.18 Å². The number of anilines is 3. The van der Waals surface area contributed by atoms with Gasteiger partial charge in [-0.15, -0.1) is 0 Å². The lowest BCUT2D eigenvalue weighted by Gasteiger charge is -2.11. The molecule has 2 aromatic carbocycles. The number of hydrogen-bond acceptors (Lipinski definition) is 3. The molecule has 0 spiro atoms. The summed E-state index contributed by atoms with van der Waals surface area (Å²) in [5, 5.41) is 2.83. The fraction of sp³-hybridized carbons (Fsp3) is 0. The maximum Gasteiger partial charge on any atom is 0.250 e. The van der Waals surface area contributed by atoms with Crippen LogP contribution in [0.2, 0.25) is 0 Å². The number of nitrogens with one attached hydrogen (secondary N) is 1. The Hall–Kier alpha value is -2.56. The predicted molar refractivity (Wildman–Crippen MR) is 69.1 cm³/mol. The Morgan fingerprint density at radius 2 is 1.72 bits per heavy atom. The van der Waals surface area contributed by atoms with Crippen LogP contribution in [0.15, 0.2) is 42.5 Å². The van der Waals surface area contributed by atoms with Crippen LogP contribution in [0.4, 0.5) is 21.5 Å². The largest absolute Gasteiger partial charge is 0.396 e. The van der Waals surface area contributed by atoms with Crippen LogP contribution < -0.4 is 16.8 Å². The molecule has 0 saturated carbocycles. The van der Waals surface area contributed by atoms with Crippen molar-refractivity contribution in [2.45, 2.75) is 0 Å². The zero-order valence-electron chi connectivity index (χ0n) is 9.48. The lowest BCUT2D eigenvalue weighted by molar-refractivity contribution is 0.100. The highest BCUT2D eigenvalue weighted by molar-refractivity contribution is 6.01. The Morgan fingerprint density at radius 3 is 2.39 bits per heavy atom. The molecule has 0 aliphatic rings. The van der Waals surface area contributed by atoms with Gasteiger partial charge in [0.05, 0.1) is 22.6 Å². The summed E-state index contributed by atoms with van der Waals surface area (Å²) in [6, 6.07) is 11.0. The topological polar surface area (TPSA) is 81.1 Å². The van der Waals surface area contributed by atoms with Gasteiger partial charge in [-0.2, -0.15) is 0 Å². The van der Waals surface area contributed by atoms with Crippen LogP contribution in [0.25, 0.3) is 0 Å². The fourth-order valence-electron chi connectivity index (χ4n) is 1.60. The van der Waals surface area contributed by atoms with E-state index in [2.05, 4.69) is 5.32 Å². The maximum atomic E-state index is 13.5. The van der Waals surface area contributed by atoms with Crippen molar-refractivity contribution in [3.05, 3.63) is 53.8 Å². The zero-order chi connectivity index (χ0) is 13.1. The Kier molecular flexibility index (Phi) is 3.14. The lowest BCUT2D eigenvalue weighted by atomic mass is 10.1. The number of nitrogens with two attached hydrogens (primary N) is 2. The normalized spacial score (nSPS) is 10.1. The number of rotatable bonds is 3. The van der Waals surface area contributed by atoms with E-state index in [-0.39, 0.29) is 16.9 Å². The van der Waals surface area contributed by atoms with Gasteiger partial charge in [0, 0.05) is 0 Å². The van der Waals surface area contributed by atoms with Gasteiger partial charge in [-0.25, -0.2) is 4.39 Å². The van der Waals surface area contributed by atoms with E-state index in [0.29, 0.717) is 5.69 Å². The summed E-state index contributed by atoms with van der Waals surface area (Å²) in [6.07, 6.45) is 0. The molecule has 5 heteroatoms. The molecule has 5 N–H and O–H groups in total. The number of carbonyl (C=O) groups excluding carboxylic acids is 1. The van der Waals surface area contributed by atoms with Crippen LogP contribution in [0.5, 0.6) is 0 Å². The second-order valence-electron chi connectivity index (χ2n) is 3.74. The van der Waals surface area contributed by atoms with Crippen LogP contribution in [0.1, 0.15) is 10.4 Å². The Labute approximate surface area is 103 Å². The number of halogens is 1. The average Bonchev–Trinajstić information content (AvgIpc) is 2.34.